The molecule has 0 aromatic heterocycles. The quantitative estimate of drug-likeness (QED) is 0.740. The van der Waals surface area contributed by atoms with Crippen LogP contribution in [0.15, 0.2) is 48.5 Å². The summed E-state index contributed by atoms with van der Waals surface area (Å²) < 4.78 is 11.6. The second kappa shape index (κ2) is 4.13. The topological polar surface area (TPSA) is 18.5 Å². The Morgan fingerprint density at radius 2 is 1.65 bits per heavy atom. The molecule has 0 bridgehead atoms. The molecule has 0 saturated heterocycles. The molecule has 2 heteroatoms. The molecule has 0 spiro atoms. The number of ether oxygens (including phenoxy) is 2. The van der Waals surface area contributed by atoms with E-state index in [4.69, 9.17) is 9.47 Å². The molecule has 1 aliphatic heterocycles. The first-order chi connectivity index (χ1) is 8.33. The van der Waals surface area contributed by atoms with E-state index in [2.05, 4.69) is 31.2 Å². The third-order valence-corrected chi connectivity index (χ3v) is 2.96. The number of hydrogen-bond acceptors (Lipinski definition) is 2. The van der Waals surface area contributed by atoms with E-state index in [1.807, 2.05) is 24.3 Å². The molecule has 0 saturated carbocycles. The molecule has 2 nitrogen and oxygen atoms in total. The van der Waals surface area contributed by atoms with Crippen molar-refractivity contribution in [3.8, 4) is 11.5 Å². The van der Waals surface area contributed by atoms with Crippen LogP contribution in [0.3, 0.4) is 0 Å². The smallest absolute Gasteiger partial charge is 0.162 e. The minimum absolute atomic E-state index is 0.00880. The first-order valence-electron chi connectivity index (χ1n) is 5.78. The van der Waals surface area contributed by atoms with Gasteiger partial charge in [0, 0.05) is 0 Å². The number of rotatable bonds is 1. The SMILES string of the molecule is Cc1ccc([C@H]2COc3ccccc3O2)cc1. The van der Waals surface area contributed by atoms with Gasteiger partial charge in [0.1, 0.15) is 6.61 Å². The van der Waals surface area contributed by atoms with Crippen LogP contribution >= 0.6 is 0 Å². The Bertz CT molecular complexity index is 517. The standard InChI is InChI=1S/C15H14O2/c1-11-6-8-12(9-7-11)15-10-16-13-4-2-3-5-14(13)17-15/h2-9,15H,10H2,1H3/t15-/m1/s1. The van der Waals surface area contributed by atoms with Gasteiger partial charge in [0.2, 0.25) is 0 Å². The summed E-state index contributed by atoms with van der Waals surface area (Å²) in [6, 6.07) is 16.2. The van der Waals surface area contributed by atoms with Gasteiger partial charge < -0.3 is 9.47 Å². The van der Waals surface area contributed by atoms with Crippen molar-refractivity contribution in [3.05, 3.63) is 59.7 Å². The summed E-state index contributed by atoms with van der Waals surface area (Å²) in [6.07, 6.45) is -0.00880. The highest BCUT2D eigenvalue weighted by atomic mass is 16.6. The molecule has 1 heterocycles. The second-order valence-electron chi connectivity index (χ2n) is 4.27. The van der Waals surface area contributed by atoms with Crippen LogP contribution in [0.4, 0.5) is 0 Å². The normalized spacial score (nSPS) is 17.8. The zero-order valence-corrected chi connectivity index (χ0v) is 9.72. The molecular formula is C15H14O2. The van der Waals surface area contributed by atoms with Crippen molar-refractivity contribution in [2.75, 3.05) is 6.61 Å². The van der Waals surface area contributed by atoms with Gasteiger partial charge in [-0.15, -0.1) is 0 Å². The lowest BCUT2D eigenvalue weighted by molar-refractivity contribution is 0.0913. The van der Waals surface area contributed by atoms with Crippen LogP contribution in [-0.2, 0) is 0 Å². The first-order valence-corrected chi connectivity index (χ1v) is 5.78. The van der Waals surface area contributed by atoms with Crippen LogP contribution in [0.5, 0.6) is 11.5 Å². The molecule has 0 amide bonds. The van der Waals surface area contributed by atoms with Gasteiger partial charge in [-0.1, -0.05) is 42.0 Å². The Balaban J connectivity index is 1.86. The minimum Gasteiger partial charge on any atom is -0.485 e. The highest BCUT2D eigenvalue weighted by Crippen LogP contribution is 2.35. The van der Waals surface area contributed by atoms with Crippen LogP contribution in [0.2, 0.25) is 0 Å². The number of aryl methyl sites for hydroxylation is 1. The molecule has 0 fully saturated rings. The molecule has 0 N–H and O–H groups in total. The van der Waals surface area contributed by atoms with E-state index in [0.29, 0.717) is 6.61 Å². The summed E-state index contributed by atoms with van der Waals surface area (Å²) in [5.41, 5.74) is 2.41. The molecule has 2 aromatic rings. The van der Waals surface area contributed by atoms with Crippen molar-refractivity contribution in [2.24, 2.45) is 0 Å². The van der Waals surface area contributed by atoms with Crippen molar-refractivity contribution in [2.45, 2.75) is 13.0 Å². The zero-order valence-electron chi connectivity index (χ0n) is 9.72. The Morgan fingerprint density at radius 1 is 0.941 bits per heavy atom. The minimum atomic E-state index is -0.00880. The van der Waals surface area contributed by atoms with E-state index in [0.717, 1.165) is 17.1 Å². The predicted molar refractivity (Wildman–Crippen MR) is 66.5 cm³/mol. The summed E-state index contributed by atoms with van der Waals surface area (Å²) in [6.45, 7) is 2.65. The zero-order chi connectivity index (χ0) is 11.7. The van der Waals surface area contributed by atoms with Crippen LogP contribution < -0.4 is 9.47 Å². The first kappa shape index (κ1) is 10.2. The Labute approximate surface area is 101 Å². The van der Waals surface area contributed by atoms with E-state index in [1.54, 1.807) is 0 Å². The molecule has 17 heavy (non-hydrogen) atoms. The van der Waals surface area contributed by atoms with Crippen LogP contribution in [-0.4, -0.2) is 6.61 Å². The van der Waals surface area contributed by atoms with Gasteiger partial charge in [0.15, 0.2) is 17.6 Å². The van der Waals surface area contributed by atoms with Crippen molar-refractivity contribution in [3.63, 3.8) is 0 Å². The Kier molecular flexibility index (Phi) is 2.48. The largest absolute Gasteiger partial charge is 0.485 e. The monoisotopic (exact) mass is 226 g/mol. The Hall–Kier alpha value is -1.96. The lowest BCUT2D eigenvalue weighted by atomic mass is 10.1. The van der Waals surface area contributed by atoms with E-state index in [-0.39, 0.29) is 6.10 Å². The van der Waals surface area contributed by atoms with Crippen LogP contribution in [0, 0.1) is 6.92 Å². The van der Waals surface area contributed by atoms with E-state index in [9.17, 15) is 0 Å². The van der Waals surface area contributed by atoms with Gasteiger partial charge in [-0.25, -0.2) is 0 Å². The van der Waals surface area contributed by atoms with E-state index >= 15 is 0 Å². The van der Waals surface area contributed by atoms with Gasteiger partial charge >= 0.3 is 0 Å². The molecule has 0 aliphatic carbocycles. The molecule has 0 radical (unpaired) electrons. The summed E-state index contributed by atoms with van der Waals surface area (Å²) in [4.78, 5) is 0. The number of fused-ring (bicyclic) bond motifs is 1. The second-order valence-corrected chi connectivity index (χ2v) is 4.27. The lowest BCUT2D eigenvalue weighted by Crippen LogP contribution is -2.21. The number of benzene rings is 2. The molecule has 1 atom stereocenters. The van der Waals surface area contributed by atoms with Crippen molar-refractivity contribution < 1.29 is 9.47 Å². The number of hydrogen-bond donors (Lipinski definition) is 0. The summed E-state index contributed by atoms with van der Waals surface area (Å²) >= 11 is 0. The highest BCUT2D eigenvalue weighted by molar-refractivity contribution is 5.41. The fourth-order valence-electron chi connectivity index (χ4n) is 1.96. The van der Waals surface area contributed by atoms with Gasteiger partial charge in [-0.05, 0) is 24.6 Å². The molecular weight excluding hydrogens is 212 g/mol. The molecule has 0 unspecified atom stereocenters. The van der Waals surface area contributed by atoms with Crippen molar-refractivity contribution in [1.82, 2.24) is 0 Å². The third kappa shape index (κ3) is 1.98. The van der Waals surface area contributed by atoms with Crippen molar-refractivity contribution in [1.29, 1.82) is 0 Å². The van der Waals surface area contributed by atoms with Gasteiger partial charge in [-0.2, -0.15) is 0 Å². The van der Waals surface area contributed by atoms with E-state index < -0.39 is 0 Å². The summed E-state index contributed by atoms with van der Waals surface area (Å²) in [5.74, 6) is 1.65. The van der Waals surface area contributed by atoms with Gasteiger partial charge in [0.25, 0.3) is 0 Å². The molecule has 86 valence electrons. The van der Waals surface area contributed by atoms with Crippen molar-refractivity contribution >= 4 is 0 Å². The van der Waals surface area contributed by atoms with Gasteiger partial charge in [0.05, 0.1) is 0 Å². The fraction of sp³-hybridized carbons (Fsp3) is 0.200. The summed E-state index contributed by atoms with van der Waals surface area (Å²) in [5, 5.41) is 0. The highest BCUT2D eigenvalue weighted by Gasteiger charge is 2.21. The van der Waals surface area contributed by atoms with E-state index in [1.165, 1.54) is 5.56 Å². The van der Waals surface area contributed by atoms with Gasteiger partial charge in [-0.3, -0.25) is 0 Å². The lowest BCUT2D eigenvalue weighted by Gasteiger charge is -2.26. The Morgan fingerprint density at radius 3 is 2.41 bits per heavy atom. The average molecular weight is 226 g/mol. The maximum Gasteiger partial charge on any atom is 0.162 e. The number of para-hydroxylation sites is 2. The molecule has 1 aliphatic rings. The van der Waals surface area contributed by atoms with Crippen LogP contribution in [0.1, 0.15) is 17.2 Å². The fourth-order valence-corrected chi connectivity index (χ4v) is 1.96. The molecule has 3 rings (SSSR count). The molecule has 2 aromatic carbocycles. The average Bonchev–Trinajstić information content (AvgIpc) is 2.39. The maximum absolute atomic E-state index is 5.93. The third-order valence-electron chi connectivity index (χ3n) is 2.96. The summed E-state index contributed by atoms with van der Waals surface area (Å²) in [7, 11) is 0. The predicted octanol–water partition coefficient (Wildman–Crippen LogP) is 3.51. The van der Waals surface area contributed by atoms with Crippen LogP contribution in [0.25, 0.3) is 0 Å². The maximum atomic E-state index is 5.93.